The van der Waals surface area contributed by atoms with Crippen LogP contribution in [0.1, 0.15) is 19.4 Å². The molecule has 0 atom stereocenters. The van der Waals surface area contributed by atoms with Gasteiger partial charge in [0.2, 0.25) is 5.91 Å². The van der Waals surface area contributed by atoms with Crippen LogP contribution in [0.2, 0.25) is 0 Å². The molecule has 0 bridgehead atoms. The van der Waals surface area contributed by atoms with Gasteiger partial charge in [0.15, 0.2) is 21.3 Å². The molecule has 2 aromatic rings. The minimum Gasteiger partial charge on any atom is -0.490 e. The van der Waals surface area contributed by atoms with E-state index in [1.165, 1.54) is 6.08 Å². The predicted molar refractivity (Wildman–Crippen MR) is 121 cm³/mol. The summed E-state index contributed by atoms with van der Waals surface area (Å²) in [6.07, 6.45) is 2.99. The molecule has 8 heteroatoms. The van der Waals surface area contributed by atoms with Crippen LogP contribution >= 0.6 is 0 Å². The Hall–Kier alpha value is -3.00. The van der Waals surface area contributed by atoms with Gasteiger partial charge in [0, 0.05) is 18.4 Å². The first-order valence-electron chi connectivity index (χ1n) is 10.2. The van der Waals surface area contributed by atoms with Crippen LogP contribution in [0.4, 0.5) is 0 Å². The molecule has 0 saturated carbocycles. The molecule has 2 aromatic carbocycles. The molecule has 168 valence electrons. The molecule has 0 aliphatic heterocycles. The zero-order valence-electron chi connectivity index (χ0n) is 17.9. The van der Waals surface area contributed by atoms with Gasteiger partial charge in [-0.3, -0.25) is 4.79 Å². The van der Waals surface area contributed by atoms with E-state index in [9.17, 15) is 13.2 Å². The number of hydrogen-bond acceptors (Lipinski definition) is 6. The van der Waals surface area contributed by atoms with Gasteiger partial charge in [0.1, 0.15) is 19.0 Å². The normalized spacial score (nSPS) is 11.3. The van der Waals surface area contributed by atoms with E-state index in [4.69, 9.17) is 14.2 Å². The van der Waals surface area contributed by atoms with Gasteiger partial charge in [0.25, 0.3) is 0 Å². The Morgan fingerprint density at radius 2 is 1.71 bits per heavy atom. The third-order valence-electron chi connectivity index (χ3n) is 4.20. The standard InChI is InChI=1S/C23H29NO6S/c1-3-28-22-18-19(11-13-23(25)24-14-17-31(26,27)4-2)10-12-21(22)30-16-15-29-20-8-6-5-7-9-20/h5-13,18H,3-4,14-17H2,1-2H3,(H,24,25)/b13-11+. The Morgan fingerprint density at radius 3 is 2.42 bits per heavy atom. The number of rotatable bonds is 13. The van der Waals surface area contributed by atoms with Crippen molar-refractivity contribution in [1.29, 1.82) is 0 Å². The Bertz CT molecular complexity index is 957. The van der Waals surface area contributed by atoms with E-state index >= 15 is 0 Å². The molecular formula is C23H29NO6S. The minimum absolute atomic E-state index is 0.0612. The third kappa shape index (κ3) is 9.13. The highest BCUT2D eigenvalue weighted by atomic mass is 32.2. The highest BCUT2D eigenvalue weighted by Crippen LogP contribution is 2.29. The smallest absolute Gasteiger partial charge is 0.244 e. The maximum absolute atomic E-state index is 11.9. The van der Waals surface area contributed by atoms with Crippen molar-refractivity contribution in [2.75, 3.05) is 37.9 Å². The highest BCUT2D eigenvalue weighted by Gasteiger charge is 2.08. The molecule has 7 nitrogen and oxygen atoms in total. The summed E-state index contributed by atoms with van der Waals surface area (Å²) in [6.45, 7) is 4.76. The summed E-state index contributed by atoms with van der Waals surface area (Å²) < 4.78 is 40.0. The zero-order valence-corrected chi connectivity index (χ0v) is 18.7. The van der Waals surface area contributed by atoms with Crippen molar-refractivity contribution in [1.82, 2.24) is 5.32 Å². The molecule has 0 heterocycles. The lowest BCUT2D eigenvalue weighted by Crippen LogP contribution is -2.28. The SMILES string of the molecule is CCOc1cc(/C=C/C(=O)NCCS(=O)(=O)CC)ccc1OCCOc1ccccc1. The summed E-state index contributed by atoms with van der Waals surface area (Å²) in [5.74, 6) is 1.57. The molecule has 0 aliphatic rings. The molecule has 0 spiro atoms. The van der Waals surface area contributed by atoms with Crippen LogP contribution in [0.5, 0.6) is 17.2 Å². The van der Waals surface area contributed by atoms with E-state index in [1.807, 2.05) is 37.3 Å². The second kappa shape index (κ2) is 12.6. The van der Waals surface area contributed by atoms with E-state index in [-0.39, 0.29) is 24.0 Å². The highest BCUT2D eigenvalue weighted by molar-refractivity contribution is 7.91. The van der Waals surface area contributed by atoms with Crippen molar-refractivity contribution in [3.05, 3.63) is 60.2 Å². The molecule has 1 amide bonds. The number of hydrogen-bond donors (Lipinski definition) is 1. The Kier molecular flexibility index (Phi) is 9.90. The number of nitrogens with one attached hydrogen (secondary N) is 1. The summed E-state index contributed by atoms with van der Waals surface area (Å²) in [5.41, 5.74) is 0.757. The molecule has 0 unspecified atom stereocenters. The van der Waals surface area contributed by atoms with Crippen molar-refractivity contribution in [3.8, 4) is 17.2 Å². The van der Waals surface area contributed by atoms with Crippen LogP contribution in [0, 0.1) is 0 Å². The van der Waals surface area contributed by atoms with Crippen LogP contribution in [0.15, 0.2) is 54.6 Å². The van der Waals surface area contributed by atoms with Gasteiger partial charge in [-0.15, -0.1) is 0 Å². The van der Waals surface area contributed by atoms with Crippen LogP contribution in [0.25, 0.3) is 6.08 Å². The monoisotopic (exact) mass is 447 g/mol. The second-order valence-corrected chi connectivity index (χ2v) is 8.98. The van der Waals surface area contributed by atoms with Crippen molar-refractivity contribution >= 4 is 21.8 Å². The van der Waals surface area contributed by atoms with Gasteiger partial charge in [-0.25, -0.2) is 8.42 Å². The fourth-order valence-electron chi connectivity index (χ4n) is 2.55. The van der Waals surface area contributed by atoms with Gasteiger partial charge >= 0.3 is 0 Å². The number of ether oxygens (including phenoxy) is 3. The second-order valence-electron chi connectivity index (χ2n) is 6.51. The lowest BCUT2D eigenvalue weighted by Gasteiger charge is -2.13. The minimum atomic E-state index is -3.10. The number of carbonyl (C=O) groups excluding carboxylic acids is 1. The first-order valence-corrected chi connectivity index (χ1v) is 12.0. The quantitative estimate of drug-likeness (QED) is 0.375. The fourth-order valence-corrected chi connectivity index (χ4v) is 3.25. The van der Waals surface area contributed by atoms with Gasteiger partial charge in [-0.2, -0.15) is 0 Å². The topological polar surface area (TPSA) is 90.9 Å². The summed E-state index contributed by atoms with van der Waals surface area (Å²) in [7, 11) is -3.10. The van der Waals surface area contributed by atoms with Gasteiger partial charge < -0.3 is 19.5 Å². The number of para-hydroxylation sites is 1. The van der Waals surface area contributed by atoms with Crippen molar-refractivity contribution in [2.24, 2.45) is 0 Å². The first kappa shape index (κ1) is 24.3. The Balaban J connectivity index is 1.88. The molecule has 0 aliphatic carbocycles. The van der Waals surface area contributed by atoms with Crippen LogP contribution in [-0.2, 0) is 14.6 Å². The lowest BCUT2D eigenvalue weighted by molar-refractivity contribution is -0.116. The van der Waals surface area contributed by atoms with Crippen LogP contribution in [-0.4, -0.2) is 52.2 Å². The Morgan fingerprint density at radius 1 is 0.968 bits per heavy atom. The van der Waals surface area contributed by atoms with E-state index < -0.39 is 9.84 Å². The summed E-state index contributed by atoms with van der Waals surface area (Å²) >= 11 is 0. The molecule has 1 N–H and O–H groups in total. The Labute approximate surface area is 183 Å². The average molecular weight is 448 g/mol. The molecule has 2 rings (SSSR count). The number of sulfone groups is 1. The van der Waals surface area contributed by atoms with Gasteiger partial charge in [-0.05, 0) is 42.8 Å². The first-order chi connectivity index (χ1) is 14.9. The molecule has 31 heavy (non-hydrogen) atoms. The lowest BCUT2D eigenvalue weighted by atomic mass is 10.2. The number of amides is 1. The maximum Gasteiger partial charge on any atom is 0.244 e. The van der Waals surface area contributed by atoms with E-state index in [2.05, 4.69) is 5.32 Å². The summed E-state index contributed by atoms with van der Waals surface area (Å²) in [5, 5.41) is 2.57. The van der Waals surface area contributed by atoms with Gasteiger partial charge in [0.05, 0.1) is 12.4 Å². The van der Waals surface area contributed by atoms with Crippen molar-refractivity contribution in [3.63, 3.8) is 0 Å². The predicted octanol–water partition coefficient (Wildman–Crippen LogP) is 3.11. The molecular weight excluding hydrogens is 418 g/mol. The summed E-state index contributed by atoms with van der Waals surface area (Å²) in [6, 6.07) is 14.9. The number of carbonyl (C=O) groups is 1. The molecule has 0 saturated heterocycles. The number of benzene rings is 2. The fraction of sp³-hybridized carbons (Fsp3) is 0.348. The summed E-state index contributed by atoms with van der Waals surface area (Å²) in [4.78, 5) is 11.9. The van der Waals surface area contributed by atoms with Crippen molar-refractivity contribution in [2.45, 2.75) is 13.8 Å². The van der Waals surface area contributed by atoms with E-state index in [1.54, 1.807) is 31.2 Å². The zero-order chi connectivity index (χ0) is 22.5. The van der Waals surface area contributed by atoms with Gasteiger partial charge in [-0.1, -0.05) is 31.2 Å². The van der Waals surface area contributed by atoms with E-state index in [0.717, 1.165) is 11.3 Å². The maximum atomic E-state index is 11.9. The molecule has 0 fully saturated rings. The van der Waals surface area contributed by atoms with E-state index in [0.29, 0.717) is 31.3 Å². The third-order valence-corrected chi connectivity index (χ3v) is 5.91. The van der Waals surface area contributed by atoms with Crippen molar-refractivity contribution < 1.29 is 27.4 Å². The largest absolute Gasteiger partial charge is 0.490 e. The van der Waals surface area contributed by atoms with Crippen LogP contribution in [0.3, 0.4) is 0 Å². The van der Waals surface area contributed by atoms with Crippen LogP contribution < -0.4 is 19.5 Å². The average Bonchev–Trinajstić information content (AvgIpc) is 2.77. The molecule has 0 radical (unpaired) electrons. The molecule has 0 aromatic heterocycles.